The third kappa shape index (κ3) is 3.33. The molecule has 0 aromatic rings. The molecule has 0 radical (unpaired) electrons. The lowest BCUT2D eigenvalue weighted by Gasteiger charge is -2.13. The third-order valence-electron chi connectivity index (χ3n) is 1.26. The predicted octanol–water partition coefficient (Wildman–Crippen LogP) is 0.394. The highest BCUT2D eigenvalue weighted by Crippen LogP contribution is 1.98. The molecule has 0 spiro atoms. The molecule has 58 valence electrons. The van der Waals surface area contributed by atoms with Crippen LogP contribution in [0.4, 0.5) is 0 Å². The summed E-state index contributed by atoms with van der Waals surface area (Å²) in [7, 11) is 0. The summed E-state index contributed by atoms with van der Waals surface area (Å²) in [6, 6.07) is -0.265. The average molecular weight is 149 g/mol. The molecule has 2 heteroatoms. The first-order valence-corrected chi connectivity index (χ1v) is 3.35. The summed E-state index contributed by atoms with van der Waals surface area (Å²) in [4.78, 5) is 10.6. The van der Waals surface area contributed by atoms with Crippen LogP contribution >= 0.6 is 0 Å². The van der Waals surface area contributed by atoms with Gasteiger partial charge in [0.05, 0.1) is 6.04 Å². The molecule has 1 N–H and O–H groups in total. The second-order valence-corrected chi connectivity index (χ2v) is 2.51. The minimum Gasteiger partial charge on any atom is -0.331 e. The van der Waals surface area contributed by atoms with Crippen LogP contribution in [0.2, 0.25) is 0 Å². The van der Waals surface area contributed by atoms with Gasteiger partial charge in [-0.15, -0.1) is 12.8 Å². The van der Waals surface area contributed by atoms with Crippen LogP contribution in [-0.2, 0) is 4.79 Å². The van der Waals surface area contributed by atoms with E-state index >= 15 is 0 Å². The Balaban J connectivity index is 4.04. The SMILES string of the molecule is C#CC(=O)NC(C#C)C(C)C. The normalized spacial score (nSPS) is 11.4. The summed E-state index contributed by atoms with van der Waals surface area (Å²) in [6.45, 7) is 3.84. The van der Waals surface area contributed by atoms with Crippen molar-refractivity contribution in [1.82, 2.24) is 5.32 Å². The maximum Gasteiger partial charge on any atom is 0.296 e. The van der Waals surface area contributed by atoms with Gasteiger partial charge in [0.25, 0.3) is 5.91 Å². The zero-order valence-corrected chi connectivity index (χ0v) is 6.72. The molecular weight excluding hydrogens is 138 g/mol. The Morgan fingerprint density at radius 2 is 2.00 bits per heavy atom. The Bertz CT molecular complexity index is 217. The highest BCUT2D eigenvalue weighted by Gasteiger charge is 2.10. The van der Waals surface area contributed by atoms with Gasteiger partial charge in [-0.2, -0.15) is 0 Å². The first kappa shape index (κ1) is 9.59. The van der Waals surface area contributed by atoms with E-state index in [-0.39, 0.29) is 12.0 Å². The Morgan fingerprint density at radius 3 is 2.27 bits per heavy atom. The Hall–Kier alpha value is -1.41. The summed E-state index contributed by atoms with van der Waals surface area (Å²) in [5, 5.41) is 2.50. The van der Waals surface area contributed by atoms with E-state index in [1.54, 1.807) is 0 Å². The highest BCUT2D eigenvalue weighted by molar-refractivity contribution is 5.93. The van der Waals surface area contributed by atoms with Crippen molar-refractivity contribution in [1.29, 1.82) is 0 Å². The van der Waals surface area contributed by atoms with Gasteiger partial charge in [-0.1, -0.05) is 19.8 Å². The van der Waals surface area contributed by atoms with Crippen LogP contribution in [0, 0.1) is 30.6 Å². The van der Waals surface area contributed by atoms with Crippen molar-refractivity contribution in [3.05, 3.63) is 0 Å². The van der Waals surface area contributed by atoms with Crippen molar-refractivity contribution in [3.8, 4) is 24.7 Å². The number of terminal acetylenes is 2. The molecule has 0 aliphatic heterocycles. The molecule has 0 heterocycles. The fourth-order valence-electron chi connectivity index (χ4n) is 0.584. The van der Waals surface area contributed by atoms with Crippen LogP contribution in [0.15, 0.2) is 0 Å². The molecule has 0 saturated carbocycles. The van der Waals surface area contributed by atoms with Crippen LogP contribution in [0.1, 0.15) is 13.8 Å². The summed E-state index contributed by atoms with van der Waals surface area (Å²) in [5.41, 5.74) is 0. The molecule has 0 aromatic carbocycles. The number of hydrogen-bond acceptors (Lipinski definition) is 1. The highest BCUT2D eigenvalue weighted by atomic mass is 16.1. The third-order valence-corrected chi connectivity index (χ3v) is 1.26. The van der Waals surface area contributed by atoms with Crippen molar-refractivity contribution in [3.63, 3.8) is 0 Å². The van der Waals surface area contributed by atoms with Gasteiger partial charge in [-0.25, -0.2) is 0 Å². The lowest BCUT2D eigenvalue weighted by Crippen LogP contribution is -2.36. The molecule has 0 bridgehead atoms. The minimum atomic E-state index is -0.457. The van der Waals surface area contributed by atoms with Crippen LogP contribution < -0.4 is 5.32 Å². The van der Waals surface area contributed by atoms with E-state index in [4.69, 9.17) is 12.8 Å². The van der Waals surface area contributed by atoms with Gasteiger partial charge in [0.15, 0.2) is 0 Å². The van der Waals surface area contributed by atoms with Gasteiger partial charge in [0.2, 0.25) is 0 Å². The largest absolute Gasteiger partial charge is 0.331 e. The van der Waals surface area contributed by atoms with Crippen molar-refractivity contribution in [2.75, 3.05) is 0 Å². The smallest absolute Gasteiger partial charge is 0.296 e. The second-order valence-electron chi connectivity index (χ2n) is 2.51. The van der Waals surface area contributed by atoms with Gasteiger partial charge in [0, 0.05) is 0 Å². The minimum absolute atomic E-state index is 0.206. The molecule has 2 nitrogen and oxygen atoms in total. The van der Waals surface area contributed by atoms with Gasteiger partial charge in [0.1, 0.15) is 0 Å². The maximum atomic E-state index is 10.6. The Labute approximate surface area is 67.4 Å². The van der Waals surface area contributed by atoms with Crippen molar-refractivity contribution in [2.24, 2.45) is 5.92 Å². The fourth-order valence-corrected chi connectivity index (χ4v) is 0.584. The predicted molar refractivity (Wildman–Crippen MR) is 44.4 cm³/mol. The van der Waals surface area contributed by atoms with E-state index in [9.17, 15) is 4.79 Å². The first-order chi connectivity index (χ1) is 5.11. The van der Waals surface area contributed by atoms with E-state index in [0.29, 0.717) is 0 Å². The fraction of sp³-hybridized carbons (Fsp3) is 0.444. The lowest BCUT2D eigenvalue weighted by atomic mass is 10.1. The molecule has 0 aromatic heterocycles. The number of hydrogen-bond donors (Lipinski definition) is 1. The van der Waals surface area contributed by atoms with E-state index in [1.165, 1.54) is 0 Å². The van der Waals surface area contributed by atoms with E-state index < -0.39 is 5.91 Å². The van der Waals surface area contributed by atoms with E-state index in [0.717, 1.165) is 0 Å². The zero-order valence-electron chi connectivity index (χ0n) is 6.72. The van der Waals surface area contributed by atoms with Crippen molar-refractivity contribution >= 4 is 5.91 Å². The second kappa shape index (κ2) is 4.41. The van der Waals surface area contributed by atoms with Crippen molar-refractivity contribution < 1.29 is 4.79 Å². The monoisotopic (exact) mass is 149 g/mol. The van der Waals surface area contributed by atoms with Crippen LogP contribution in [-0.4, -0.2) is 11.9 Å². The van der Waals surface area contributed by atoms with Crippen LogP contribution in [0.5, 0.6) is 0 Å². The summed E-state index contributed by atoms with van der Waals surface area (Å²) in [5.74, 6) is 4.13. The van der Waals surface area contributed by atoms with E-state index in [1.807, 2.05) is 19.8 Å². The molecule has 1 atom stereocenters. The average Bonchev–Trinajstić information content (AvgIpc) is 1.99. The molecular formula is C9H11NO. The lowest BCUT2D eigenvalue weighted by molar-refractivity contribution is -0.116. The quantitative estimate of drug-likeness (QED) is 0.565. The van der Waals surface area contributed by atoms with E-state index in [2.05, 4.69) is 11.2 Å². The Morgan fingerprint density at radius 1 is 1.45 bits per heavy atom. The first-order valence-electron chi connectivity index (χ1n) is 3.35. The molecule has 11 heavy (non-hydrogen) atoms. The number of carbonyl (C=O) groups excluding carboxylic acids is 1. The summed E-state index contributed by atoms with van der Waals surface area (Å²) >= 11 is 0. The van der Waals surface area contributed by atoms with Gasteiger partial charge < -0.3 is 5.32 Å². The number of carbonyl (C=O) groups is 1. The van der Waals surface area contributed by atoms with Crippen LogP contribution in [0.3, 0.4) is 0 Å². The van der Waals surface area contributed by atoms with Crippen LogP contribution in [0.25, 0.3) is 0 Å². The molecule has 1 unspecified atom stereocenters. The van der Waals surface area contributed by atoms with Gasteiger partial charge in [-0.05, 0) is 11.8 Å². The van der Waals surface area contributed by atoms with Crippen molar-refractivity contribution in [2.45, 2.75) is 19.9 Å². The molecule has 1 amide bonds. The topological polar surface area (TPSA) is 29.1 Å². The zero-order chi connectivity index (χ0) is 8.85. The van der Waals surface area contributed by atoms with Gasteiger partial charge >= 0.3 is 0 Å². The molecule has 0 saturated heterocycles. The number of amides is 1. The molecule has 0 fully saturated rings. The number of rotatable bonds is 2. The molecule has 0 aliphatic rings. The molecule has 0 rings (SSSR count). The molecule has 0 aliphatic carbocycles. The standard InChI is InChI=1S/C9H11NO/c1-5-8(7(3)4)10-9(11)6-2/h1-2,7-8H,3-4H3,(H,10,11). The summed E-state index contributed by atoms with van der Waals surface area (Å²) in [6.07, 6.45) is 9.99. The summed E-state index contributed by atoms with van der Waals surface area (Å²) < 4.78 is 0. The Kier molecular flexibility index (Phi) is 3.85. The maximum absolute atomic E-state index is 10.6. The van der Waals surface area contributed by atoms with Gasteiger partial charge in [-0.3, -0.25) is 4.79 Å². The number of nitrogens with one attached hydrogen (secondary N) is 1.